The molecular formula is C16H30N4. The van der Waals surface area contributed by atoms with E-state index in [2.05, 4.69) is 49.3 Å². The van der Waals surface area contributed by atoms with Gasteiger partial charge in [-0.25, -0.2) is 0 Å². The van der Waals surface area contributed by atoms with Crippen LogP contribution in [0.2, 0.25) is 0 Å². The lowest BCUT2D eigenvalue weighted by atomic mass is 9.88. The van der Waals surface area contributed by atoms with Crippen LogP contribution < -0.4 is 5.32 Å². The number of aromatic nitrogens is 2. The van der Waals surface area contributed by atoms with E-state index >= 15 is 0 Å². The van der Waals surface area contributed by atoms with Crippen molar-refractivity contribution in [1.29, 1.82) is 0 Å². The summed E-state index contributed by atoms with van der Waals surface area (Å²) in [5, 5.41) is 7.97. The van der Waals surface area contributed by atoms with Crippen LogP contribution in [0.5, 0.6) is 0 Å². The Labute approximate surface area is 123 Å². The first-order valence-electron chi connectivity index (χ1n) is 7.95. The fourth-order valence-electron chi connectivity index (χ4n) is 3.66. The first-order chi connectivity index (χ1) is 9.54. The van der Waals surface area contributed by atoms with Gasteiger partial charge in [-0.15, -0.1) is 0 Å². The molecule has 0 amide bonds. The largest absolute Gasteiger partial charge is 0.319 e. The van der Waals surface area contributed by atoms with Crippen molar-refractivity contribution in [2.75, 3.05) is 20.1 Å². The third kappa shape index (κ3) is 3.23. The van der Waals surface area contributed by atoms with Crippen LogP contribution in [0.15, 0.2) is 6.20 Å². The van der Waals surface area contributed by atoms with Crippen molar-refractivity contribution >= 4 is 0 Å². The highest BCUT2D eigenvalue weighted by atomic mass is 15.3. The summed E-state index contributed by atoms with van der Waals surface area (Å²) in [6.07, 6.45) is 6.19. The van der Waals surface area contributed by atoms with Crippen molar-refractivity contribution in [3.05, 3.63) is 17.5 Å². The molecule has 2 atom stereocenters. The Morgan fingerprint density at radius 1 is 1.40 bits per heavy atom. The second-order valence-electron chi connectivity index (χ2n) is 6.43. The number of hydrogen-bond donors (Lipinski definition) is 1. The quantitative estimate of drug-likeness (QED) is 0.918. The van der Waals surface area contributed by atoms with E-state index < -0.39 is 0 Å². The molecule has 114 valence electrons. The Morgan fingerprint density at radius 2 is 2.15 bits per heavy atom. The van der Waals surface area contributed by atoms with Crippen molar-refractivity contribution in [3.63, 3.8) is 0 Å². The fraction of sp³-hybridized carbons (Fsp3) is 0.812. The third-order valence-electron chi connectivity index (χ3n) is 4.54. The highest BCUT2D eigenvalue weighted by molar-refractivity contribution is 5.22. The molecule has 0 aromatic carbocycles. The van der Waals surface area contributed by atoms with Gasteiger partial charge in [0.25, 0.3) is 0 Å². The summed E-state index contributed by atoms with van der Waals surface area (Å²) < 4.78 is 1.96. The third-order valence-corrected chi connectivity index (χ3v) is 4.54. The minimum absolute atomic E-state index is 0.499. The Hall–Kier alpha value is -0.870. The number of hydrogen-bond acceptors (Lipinski definition) is 3. The minimum atomic E-state index is 0.499. The van der Waals surface area contributed by atoms with E-state index in [0.29, 0.717) is 18.0 Å². The first-order valence-corrected chi connectivity index (χ1v) is 7.95. The molecule has 0 spiro atoms. The van der Waals surface area contributed by atoms with Gasteiger partial charge in [-0.05, 0) is 59.7 Å². The molecular weight excluding hydrogens is 248 g/mol. The van der Waals surface area contributed by atoms with Gasteiger partial charge >= 0.3 is 0 Å². The zero-order valence-electron chi connectivity index (χ0n) is 13.7. The van der Waals surface area contributed by atoms with E-state index in [1.807, 2.05) is 11.7 Å². The van der Waals surface area contributed by atoms with Crippen molar-refractivity contribution in [3.8, 4) is 0 Å². The maximum atomic E-state index is 4.57. The van der Waals surface area contributed by atoms with Gasteiger partial charge in [0, 0.05) is 30.9 Å². The Morgan fingerprint density at radius 3 is 2.70 bits per heavy atom. The molecule has 0 bridgehead atoms. The van der Waals surface area contributed by atoms with Crippen LogP contribution in [0.1, 0.15) is 50.4 Å². The van der Waals surface area contributed by atoms with Gasteiger partial charge in [0.15, 0.2) is 0 Å². The molecule has 2 rings (SSSR count). The Bertz CT molecular complexity index is 424. The van der Waals surface area contributed by atoms with E-state index in [-0.39, 0.29) is 0 Å². The maximum absolute atomic E-state index is 4.57. The monoisotopic (exact) mass is 278 g/mol. The molecule has 1 aromatic heterocycles. The van der Waals surface area contributed by atoms with Gasteiger partial charge < -0.3 is 5.32 Å². The van der Waals surface area contributed by atoms with Crippen LogP contribution in [0.25, 0.3) is 0 Å². The first kappa shape index (κ1) is 15.5. The van der Waals surface area contributed by atoms with Crippen LogP contribution in [-0.2, 0) is 7.05 Å². The number of nitrogens with zero attached hydrogens (tertiary/aromatic N) is 3. The van der Waals surface area contributed by atoms with Gasteiger partial charge in [0.05, 0.1) is 5.69 Å². The van der Waals surface area contributed by atoms with Gasteiger partial charge in [0.1, 0.15) is 0 Å². The summed E-state index contributed by atoms with van der Waals surface area (Å²) in [5.41, 5.74) is 2.61. The van der Waals surface area contributed by atoms with Gasteiger partial charge in [-0.2, -0.15) is 5.10 Å². The van der Waals surface area contributed by atoms with Gasteiger partial charge in [0.2, 0.25) is 0 Å². The lowest BCUT2D eigenvalue weighted by Crippen LogP contribution is -2.40. The summed E-state index contributed by atoms with van der Waals surface area (Å²) in [4.78, 5) is 2.68. The number of likely N-dealkylation sites (tertiary alicyclic amines) is 1. The molecule has 1 N–H and O–H groups in total. The maximum Gasteiger partial charge on any atom is 0.0641 e. The zero-order valence-corrected chi connectivity index (χ0v) is 13.7. The zero-order chi connectivity index (χ0) is 14.7. The summed E-state index contributed by atoms with van der Waals surface area (Å²) in [6.45, 7) is 9.08. The minimum Gasteiger partial charge on any atom is -0.319 e. The molecule has 1 aliphatic heterocycles. The van der Waals surface area contributed by atoms with Crippen molar-refractivity contribution in [1.82, 2.24) is 20.0 Å². The molecule has 2 heterocycles. The SMILES string of the molecule is CNCC1CCCCN(C(C)C)C1c1cn(C)nc1C. The average Bonchev–Trinajstić information content (AvgIpc) is 2.60. The van der Waals surface area contributed by atoms with Crippen molar-refractivity contribution in [2.45, 2.75) is 52.1 Å². The highest BCUT2D eigenvalue weighted by Crippen LogP contribution is 2.37. The molecule has 0 aliphatic carbocycles. The molecule has 1 fully saturated rings. The smallest absolute Gasteiger partial charge is 0.0641 e. The van der Waals surface area contributed by atoms with Crippen LogP contribution in [-0.4, -0.2) is 40.9 Å². The second-order valence-corrected chi connectivity index (χ2v) is 6.43. The summed E-state index contributed by atoms with van der Waals surface area (Å²) in [6, 6.07) is 1.08. The molecule has 2 unspecified atom stereocenters. The molecule has 0 saturated carbocycles. The standard InChI is InChI=1S/C16H30N4/c1-12(2)20-9-7-6-8-14(10-17-4)16(20)15-11-19(5)18-13(15)3/h11-12,14,16-17H,6-10H2,1-5H3. The number of aryl methyl sites for hydroxylation is 2. The fourth-order valence-corrected chi connectivity index (χ4v) is 3.66. The van der Waals surface area contributed by atoms with E-state index in [1.54, 1.807) is 0 Å². The number of nitrogens with one attached hydrogen (secondary N) is 1. The molecule has 1 aromatic rings. The normalized spacial score (nSPS) is 25.1. The van der Waals surface area contributed by atoms with Gasteiger partial charge in [-0.1, -0.05) is 6.42 Å². The van der Waals surface area contributed by atoms with Crippen LogP contribution in [0.4, 0.5) is 0 Å². The topological polar surface area (TPSA) is 33.1 Å². The molecule has 1 saturated heterocycles. The van der Waals surface area contributed by atoms with Crippen molar-refractivity contribution in [2.24, 2.45) is 13.0 Å². The molecule has 0 radical (unpaired) electrons. The number of rotatable bonds is 4. The van der Waals surface area contributed by atoms with E-state index in [4.69, 9.17) is 0 Å². The lowest BCUT2D eigenvalue weighted by Gasteiger charge is -2.37. The summed E-state index contributed by atoms with van der Waals surface area (Å²) in [7, 11) is 4.09. The van der Waals surface area contributed by atoms with Crippen LogP contribution in [0, 0.1) is 12.8 Å². The Kier molecular flexibility index (Phi) is 5.22. The van der Waals surface area contributed by atoms with Crippen LogP contribution >= 0.6 is 0 Å². The molecule has 20 heavy (non-hydrogen) atoms. The highest BCUT2D eigenvalue weighted by Gasteiger charge is 2.33. The summed E-state index contributed by atoms with van der Waals surface area (Å²) >= 11 is 0. The molecule has 4 nitrogen and oxygen atoms in total. The second kappa shape index (κ2) is 6.72. The van der Waals surface area contributed by atoms with E-state index in [1.165, 1.54) is 37.1 Å². The van der Waals surface area contributed by atoms with Crippen molar-refractivity contribution < 1.29 is 0 Å². The summed E-state index contributed by atoms with van der Waals surface area (Å²) in [5.74, 6) is 0.674. The average molecular weight is 278 g/mol. The van der Waals surface area contributed by atoms with E-state index in [9.17, 15) is 0 Å². The van der Waals surface area contributed by atoms with E-state index in [0.717, 1.165) is 6.54 Å². The molecule has 4 heteroatoms. The molecule has 1 aliphatic rings. The van der Waals surface area contributed by atoms with Crippen LogP contribution in [0.3, 0.4) is 0 Å². The Balaban J connectivity index is 2.38. The lowest BCUT2D eigenvalue weighted by molar-refractivity contribution is 0.118. The predicted octanol–water partition coefficient (Wildman–Crippen LogP) is 2.50. The predicted molar refractivity (Wildman–Crippen MR) is 83.8 cm³/mol. The van der Waals surface area contributed by atoms with Gasteiger partial charge in [-0.3, -0.25) is 9.58 Å².